The first kappa shape index (κ1) is 13.6. The molecule has 1 amide bonds. The summed E-state index contributed by atoms with van der Waals surface area (Å²) < 4.78 is 10.6. The summed E-state index contributed by atoms with van der Waals surface area (Å²) in [6, 6.07) is 15.0. The summed E-state index contributed by atoms with van der Waals surface area (Å²) >= 11 is 0. The molecule has 0 saturated heterocycles. The molecule has 0 saturated carbocycles. The van der Waals surface area contributed by atoms with Crippen molar-refractivity contribution in [2.75, 3.05) is 18.5 Å². The third-order valence-electron chi connectivity index (χ3n) is 3.88. The number of nitrogens with one attached hydrogen (secondary N) is 1. The number of cyclic esters (lactones) is 1. The van der Waals surface area contributed by atoms with Gasteiger partial charge in [-0.05, 0) is 23.3 Å². The molecule has 114 valence electrons. The number of hydrogen-bond acceptors (Lipinski definition) is 4. The third-order valence-corrected chi connectivity index (χ3v) is 3.88. The maximum atomic E-state index is 12.2. The van der Waals surface area contributed by atoms with Gasteiger partial charge < -0.3 is 14.8 Å². The highest BCUT2D eigenvalue weighted by atomic mass is 16.5. The predicted molar refractivity (Wildman–Crippen MR) is 84.8 cm³/mol. The van der Waals surface area contributed by atoms with E-state index in [2.05, 4.69) is 5.32 Å². The van der Waals surface area contributed by atoms with Gasteiger partial charge in [0.2, 0.25) is 0 Å². The van der Waals surface area contributed by atoms with Gasteiger partial charge in [-0.25, -0.2) is 4.79 Å². The number of amides is 1. The number of esters is 1. The van der Waals surface area contributed by atoms with Gasteiger partial charge in [0, 0.05) is 5.57 Å². The zero-order valence-corrected chi connectivity index (χ0v) is 12.2. The third kappa shape index (κ3) is 2.36. The van der Waals surface area contributed by atoms with Crippen molar-refractivity contribution in [2.24, 2.45) is 0 Å². The van der Waals surface area contributed by atoms with E-state index in [-0.39, 0.29) is 25.1 Å². The van der Waals surface area contributed by atoms with Crippen molar-refractivity contribution in [3.8, 4) is 5.75 Å². The van der Waals surface area contributed by atoms with Gasteiger partial charge in [-0.2, -0.15) is 0 Å². The summed E-state index contributed by atoms with van der Waals surface area (Å²) in [6.07, 6.45) is 0. The Morgan fingerprint density at radius 2 is 1.70 bits per heavy atom. The summed E-state index contributed by atoms with van der Waals surface area (Å²) in [5, 5.41) is 2.75. The number of benzene rings is 2. The minimum atomic E-state index is -0.355. The van der Waals surface area contributed by atoms with Gasteiger partial charge in [0.1, 0.15) is 12.4 Å². The molecule has 0 bridgehead atoms. The van der Waals surface area contributed by atoms with E-state index >= 15 is 0 Å². The lowest BCUT2D eigenvalue weighted by atomic mass is 9.96. The number of ether oxygens (including phenoxy) is 2. The molecule has 1 N–H and O–H groups in total. The lowest BCUT2D eigenvalue weighted by Crippen LogP contribution is -2.25. The average molecular weight is 307 g/mol. The van der Waals surface area contributed by atoms with Crippen LogP contribution in [0.5, 0.6) is 5.75 Å². The van der Waals surface area contributed by atoms with E-state index in [4.69, 9.17) is 9.47 Å². The smallest absolute Gasteiger partial charge is 0.339 e. The van der Waals surface area contributed by atoms with Gasteiger partial charge in [-0.3, -0.25) is 4.79 Å². The molecule has 0 spiro atoms. The Morgan fingerprint density at radius 3 is 2.52 bits per heavy atom. The number of carbonyl (C=O) groups is 2. The van der Waals surface area contributed by atoms with Gasteiger partial charge in [-0.1, -0.05) is 36.4 Å². The van der Waals surface area contributed by atoms with Crippen molar-refractivity contribution in [3.63, 3.8) is 0 Å². The average Bonchev–Trinajstić information content (AvgIpc) is 2.96. The summed E-state index contributed by atoms with van der Waals surface area (Å²) in [6.45, 7) is 0.254. The van der Waals surface area contributed by atoms with Crippen LogP contribution in [0, 0.1) is 0 Å². The molecule has 2 aliphatic heterocycles. The van der Waals surface area contributed by atoms with Crippen molar-refractivity contribution in [1.82, 2.24) is 0 Å². The fourth-order valence-corrected chi connectivity index (χ4v) is 2.80. The van der Waals surface area contributed by atoms with Crippen molar-refractivity contribution in [1.29, 1.82) is 0 Å². The normalized spacial score (nSPS) is 16.5. The van der Waals surface area contributed by atoms with E-state index in [1.807, 2.05) is 30.3 Å². The van der Waals surface area contributed by atoms with Crippen LogP contribution in [0.15, 0.2) is 48.5 Å². The molecular weight excluding hydrogens is 294 g/mol. The molecule has 2 aromatic rings. The quantitative estimate of drug-likeness (QED) is 0.866. The molecule has 0 radical (unpaired) electrons. The van der Waals surface area contributed by atoms with Crippen LogP contribution in [0.4, 0.5) is 5.69 Å². The second-order valence-corrected chi connectivity index (χ2v) is 5.34. The van der Waals surface area contributed by atoms with Gasteiger partial charge in [0.25, 0.3) is 5.91 Å². The first-order valence-electron chi connectivity index (χ1n) is 7.25. The number of carbonyl (C=O) groups excluding carboxylic acids is 2. The summed E-state index contributed by atoms with van der Waals surface area (Å²) in [7, 11) is 0. The Kier molecular flexibility index (Phi) is 3.12. The topological polar surface area (TPSA) is 64.6 Å². The molecule has 5 heteroatoms. The first-order chi connectivity index (χ1) is 11.2. The molecule has 23 heavy (non-hydrogen) atoms. The van der Waals surface area contributed by atoms with Crippen LogP contribution in [0.1, 0.15) is 11.1 Å². The Bertz CT molecular complexity index is 839. The molecule has 5 nitrogen and oxygen atoms in total. The van der Waals surface area contributed by atoms with E-state index in [9.17, 15) is 9.59 Å². The zero-order chi connectivity index (χ0) is 15.8. The summed E-state index contributed by atoms with van der Waals surface area (Å²) in [5.41, 5.74) is 3.60. The largest absolute Gasteiger partial charge is 0.482 e. The number of rotatable bonds is 2. The van der Waals surface area contributed by atoms with Crippen LogP contribution < -0.4 is 10.1 Å². The highest BCUT2D eigenvalue weighted by Gasteiger charge is 2.28. The molecule has 2 aliphatic rings. The highest BCUT2D eigenvalue weighted by Crippen LogP contribution is 2.37. The maximum Gasteiger partial charge on any atom is 0.339 e. The molecule has 2 heterocycles. The molecule has 0 atom stereocenters. The van der Waals surface area contributed by atoms with Crippen LogP contribution in [0.25, 0.3) is 11.1 Å². The lowest BCUT2D eigenvalue weighted by Gasteiger charge is -2.18. The van der Waals surface area contributed by atoms with Gasteiger partial charge in [0.05, 0.1) is 11.3 Å². The van der Waals surface area contributed by atoms with Crippen molar-refractivity contribution < 1.29 is 19.1 Å². The Hall–Kier alpha value is -3.08. The van der Waals surface area contributed by atoms with Crippen LogP contribution in [-0.4, -0.2) is 25.1 Å². The Balaban J connectivity index is 1.83. The molecule has 0 fully saturated rings. The van der Waals surface area contributed by atoms with Crippen molar-refractivity contribution in [2.45, 2.75) is 0 Å². The molecule has 0 unspecified atom stereocenters. The second kappa shape index (κ2) is 5.28. The van der Waals surface area contributed by atoms with E-state index < -0.39 is 0 Å². The van der Waals surface area contributed by atoms with Gasteiger partial charge in [-0.15, -0.1) is 0 Å². The van der Waals surface area contributed by atoms with Crippen LogP contribution in [0.3, 0.4) is 0 Å². The lowest BCUT2D eigenvalue weighted by molar-refractivity contribution is -0.133. The summed E-state index contributed by atoms with van der Waals surface area (Å²) in [5.74, 6) is 0.0364. The first-order valence-corrected chi connectivity index (χ1v) is 7.25. The van der Waals surface area contributed by atoms with E-state index in [0.29, 0.717) is 22.6 Å². The SMILES string of the molecule is O=C1COc2ccc(C3=C(c4ccccc4)COC3=O)cc2N1. The van der Waals surface area contributed by atoms with E-state index in [1.54, 1.807) is 18.2 Å². The minimum absolute atomic E-state index is 0.00630. The van der Waals surface area contributed by atoms with E-state index in [1.165, 1.54) is 0 Å². The number of anilines is 1. The molecule has 0 aliphatic carbocycles. The van der Waals surface area contributed by atoms with Crippen LogP contribution in [0.2, 0.25) is 0 Å². The number of fused-ring (bicyclic) bond motifs is 1. The molecular formula is C18H13NO4. The Labute approximate surface area is 132 Å². The van der Waals surface area contributed by atoms with Crippen LogP contribution >= 0.6 is 0 Å². The minimum Gasteiger partial charge on any atom is -0.482 e. The fourth-order valence-electron chi connectivity index (χ4n) is 2.80. The van der Waals surface area contributed by atoms with Crippen LogP contribution in [-0.2, 0) is 14.3 Å². The molecule has 4 rings (SSSR count). The highest BCUT2D eigenvalue weighted by molar-refractivity contribution is 6.27. The second-order valence-electron chi connectivity index (χ2n) is 5.34. The van der Waals surface area contributed by atoms with Gasteiger partial charge >= 0.3 is 5.97 Å². The molecule has 0 aromatic heterocycles. The Morgan fingerprint density at radius 1 is 0.870 bits per heavy atom. The van der Waals surface area contributed by atoms with E-state index in [0.717, 1.165) is 11.1 Å². The standard InChI is InChI=1S/C18H13NO4/c20-16-10-22-15-7-6-12(8-14(15)19-16)17-13(9-23-18(17)21)11-4-2-1-3-5-11/h1-8H,9-10H2,(H,19,20). The maximum absolute atomic E-state index is 12.2. The summed E-state index contributed by atoms with van der Waals surface area (Å²) in [4.78, 5) is 23.7. The number of hydrogen-bond donors (Lipinski definition) is 1. The fraction of sp³-hybridized carbons (Fsp3) is 0.111. The van der Waals surface area contributed by atoms with Crippen molar-refractivity contribution in [3.05, 3.63) is 59.7 Å². The molecule has 2 aromatic carbocycles. The van der Waals surface area contributed by atoms with Crippen molar-refractivity contribution >= 4 is 28.7 Å². The zero-order valence-electron chi connectivity index (χ0n) is 12.2. The van der Waals surface area contributed by atoms with Gasteiger partial charge in [0.15, 0.2) is 6.61 Å². The monoisotopic (exact) mass is 307 g/mol. The predicted octanol–water partition coefficient (Wildman–Crippen LogP) is 2.49.